The van der Waals surface area contributed by atoms with E-state index >= 15 is 0 Å². The minimum atomic E-state index is -5.08. The number of aromatic nitrogens is 1. The summed E-state index contributed by atoms with van der Waals surface area (Å²) < 4.78 is 45.0. The molecule has 182 valence electrons. The zero-order valence-corrected chi connectivity index (χ0v) is 19.3. The Morgan fingerprint density at radius 1 is 0.970 bits per heavy atom. The van der Waals surface area contributed by atoms with Crippen molar-refractivity contribution in [1.29, 1.82) is 0 Å². The average Bonchev–Trinajstić information content (AvgIpc) is 2.73. The van der Waals surface area contributed by atoms with Crippen LogP contribution in [0.3, 0.4) is 0 Å². The molecular formula is C23H29F4N3O3. The molecule has 0 fully saturated rings. The van der Waals surface area contributed by atoms with Gasteiger partial charge in [-0.15, -0.1) is 0 Å². The molecule has 0 saturated carbocycles. The van der Waals surface area contributed by atoms with Crippen molar-refractivity contribution in [3.05, 3.63) is 54.0 Å². The molecule has 0 aliphatic rings. The van der Waals surface area contributed by atoms with Gasteiger partial charge in [0.25, 0.3) is 0 Å². The molecule has 2 rings (SSSR count). The van der Waals surface area contributed by atoms with Crippen LogP contribution >= 0.6 is 0 Å². The van der Waals surface area contributed by atoms with E-state index in [1.807, 2.05) is 32.9 Å². The molecule has 6 nitrogen and oxygen atoms in total. The molecule has 1 N–H and O–H groups in total. The van der Waals surface area contributed by atoms with Crippen molar-refractivity contribution in [3.63, 3.8) is 0 Å². The Kier molecular flexibility index (Phi) is 9.81. The number of pyridine rings is 1. The van der Waals surface area contributed by atoms with Gasteiger partial charge in [0.15, 0.2) is 0 Å². The van der Waals surface area contributed by atoms with Crippen LogP contribution < -0.4 is 9.80 Å². The number of carboxylic acids is 1. The minimum absolute atomic E-state index is 0.0167. The van der Waals surface area contributed by atoms with E-state index < -0.39 is 17.6 Å². The van der Waals surface area contributed by atoms with Crippen LogP contribution in [-0.2, 0) is 16.1 Å². The standard InChI is InChI=1S/C21H28FN3O.C2HF3O2/c1-6-24(7-2)19-13-8-16(14-23-19)15-25(20(26)21(3,4)5)18-11-9-17(22)10-12-18;3-2(4,5)1(6)7/h8-14H,6-7,15H2,1-5H3;(H,6,7). The number of nitrogens with zero attached hydrogens (tertiary/aromatic N) is 3. The number of amides is 1. The molecule has 0 bridgehead atoms. The molecular weight excluding hydrogens is 442 g/mol. The van der Waals surface area contributed by atoms with Gasteiger partial charge in [-0.1, -0.05) is 26.8 Å². The molecule has 1 amide bonds. The number of carboxylic acid groups (broad SMARTS) is 1. The minimum Gasteiger partial charge on any atom is -0.475 e. The molecule has 0 unspecified atom stereocenters. The van der Waals surface area contributed by atoms with Crippen molar-refractivity contribution in [1.82, 2.24) is 4.98 Å². The Hall–Kier alpha value is -3.17. The first kappa shape index (κ1) is 27.9. The quantitative estimate of drug-likeness (QED) is 0.581. The number of hydrogen-bond acceptors (Lipinski definition) is 4. The lowest BCUT2D eigenvalue weighted by molar-refractivity contribution is -0.192. The molecule has 0 aliphatic heterocycles. The summed E-state index contributed by atoms with van der Waals surface area (Å²) in [6.45, 7) is 12.0. The van der Waals surface area contributed by atoms with E-state index in [4.69, 9.17) is 9.90 Å². The van der Waals surface area contributed by atoms with Crippen LogP contribution in [0.5, 0.6) is 0 Å². The Balaban J connectivity index is 0.000000675. The number of carbonyl (C=O) groups excluding carboxylic acids is 1. The van der Waals surface area contributed by atoms with Crippen LogP contribution in [0.25, 0.3) is 0 Å². The molecule has 1 aromatic heterocycles. The first-order chi connectivity index (χ1) is 15.2. The summed E-state index contributed by atoms with van der Waals surface area (Å²) in [5.41, 5.74) is 1.07. The first-order valence-electron chi connectivity index (χ1n) is 10.3. The van der Waals surface area contributed by atoms with Gasteiger partial charge >= 0.3 is 12.1 Å². The number of carbonyl (C=O) groups is 2. The van der Waals surface area contributed by atoms with Gasteiger partial charge in [0.2, 0.25) is 5.91 Å². The molecule has 1 aromatic carbocycles. The van der Waals surface area contributed by atoms with Gasteiger partial charge in [0, 0.05) is 30.4 Å². The highest BCUT2D eigenvalue weighted by Gasteiger charge is 2.38. The third-order valence-corrected chi connectivity index (χ3v) is 4.50. The largest absolute Gasteiger partial charge is 0.490 e. The normalized spacial score (nSPS) is 11.3. The van der Waals surface area contributed by atoms with E-state index in [1.54, 1.807) is 23.2 Å². The summed E-state index contributed by atoms with van der Waals surface area (Å²) in [4.78, 5) is 30.2. The Morgan fingerprint density at radius 3 is 1.85 bits per heavy atom. The molecule has 0 aliphatic carbocycles. The maximum atomic E-state index is 13.3. The molecule has 1 heterocycles. The Morgan fingerprint density at radius 2 is 1.48 bits per heavy atom. The fourth-order valence-electron chi connectivity index (χ4n) is 2.73. The molecule has 33 heavy (non-hydrogen) atoms. The van der Waals surface area contributed by atoms with Crippen LogP contribution in [-0.4, -0.2) is 41.2 Å². The third-order valence-electron chi connectivity index (χ3n) is 4.50. The zero-order chi connectivity index (χ0) is 25.4. The zero-order valence-electron chi connectivity index (χ0n) is 19.3. The second kappa shape index (κ2) is 11.6. The van der Waals surface area contributed by atoms with Crippen molar-refractivity contribution in [2.24, 2.45) is 5.41 Å². The van der Waals surface area contributed by atoms with E-state index in [0.717, 1.165) is 24.5 Å². The number of hydrogen-bond donors (Lipinski definition) is 1. The van der Waals surface area contributed by atoms with Crippen molar-refractivity contribution in [3.8, 4) is 0 Å². The Bertz CT molecular complexity index is 905. The van der Waals surface area contributed by atoms with Gasteiger partial charge in [0.05, 0.1) is 6.54 Å². The number of anilines is 2. The van der Waals surface area contributed by atoms with Crippen LogP contribution in [0.15, 0.2) is 42.6 Å². The molecule has 10 heteroatoms. The number of aliphatic carboxylic acids is 1. The van der Waals surface area contributed by atoms with E-state index in [1.165, 1.54) is 12.1 Å². The number of halogens is 4. The van der Waals surface area contributed by atoms with Crippen molar-refractivity contribution >= 4 is 23.4 Å². The van der Waals surface area contributed by atoms with Crippen LogP contribution in [0, 0.1) is 11.2 Å². The molecule has 2 aromatic rings. The fourth-order valence-corrected chi connectivity index (χ4v) is 2.73. The highest BCUT2D eigenvalue weighted by molar-refractivity contribution is 5.96. The van der Waals surface area contributed by atoms with E-state index in [0.29, 0.717) is 12.2 Å². The summed E-state index contributed by atoms with van der Waals surface area (Å²) in [5.74, 6) is -2.17. The lowest BCUT2D eigenvalue weighted by atomic mass is 9.94. The number of alkyl halides is 3. The molecule has 0 saturated heterocycles. The molecule has 0 spiro atoms. The van der Waals surface area contributed by atoms with Gasteiger partial charge in [-0.05, 0) is 49.7 Å². The van der Waals surface area contributed by atoms with Gasteiger partial charge in [-0.3, -0.25) is 4.79 Å². The Labute approximate surface area is 190 Å². The third kappa shape index (κ3) is 8.70. The predicted molar refractivity (Wildman–Crippen MR) is 119 cm³/mol. The summed E-state index contributed by atoms with van der Waals surface area (Å²) in [6.07, 6.45) is -3.28. The molecule has 0 radical (unpaired) electrons. The maximum absolute atomic E-state index is 13.3. The summed E-state index contributed by atoms with van der Waals surface area (Å²) in [5, 5.41) is 7.12. The summed E-state index contributed by atoms with van der Waals surface area (Å²) in [6, 6.07) is 9.99. The maximum Gasteiger partial charge on any atom is 0.490 e. The summed E-state index contributed by atoms with van der Waals surface area (Å²) in [7, 11) is 0. The van der Waals surface area contributed by atoms with Crippen molar-refractivity contribution < 1.29 is 32.3 Å². The van der Waals surface area contributed by atoms with E-state index in [-0.39, 0.29) is 11.7 Å². The van der Waals surface area contributed by atoms with Crippen LogP contribution in [0.1, 0.15) is 40.2 Å². The van der Waals surface area contributed by atoms with Gasteiger partial charge < -0.3 is 14.9 Å². The predicted octanol–water partition coefficient (Wildman–Crippen LogP) is 5.28. The lowest BCUT2D eigenvalue weighted by Crippen LogP contribution is -2.39. The van der Waals surface area contributed by atoms with Gasteiger partial charge in [0.1, 0.15) is 11.6 Å². The monoisotopic (exact) mass is 471 g/mol. The van der Waals surface area contributed by atoms with Crippen LogP contribution in [0.2, 0.25) is 0 Å². The SMILES string of the molecule is CCN(CC)c1ccc(CN(C(=O)C(C)(C)C)c2ccc(F)cc2)cn1.O=C(O)C(F)(F)F. The number of benzene rings is 1. The molecule has 0 atom stereocenters. The highest BCUT2D eigenvalue weighted by atomic mass is 19.4. The van der Waals surface area contributed by atoms with Gasteiger partial charge in [-0.25, -0.2) is 14.2 Å². The highest BCUT2D eigenvalue weighted by Crippen LogP contribution is 2.26. The van der Waals surface area contributed by atoms with Crippen molar-refractivity contribution in [2.45, 2.75) is 47.3 Å². The first-order valence-corrected chi connectivity index (χ1v) is 10.3. The fraction of sp³-hybridized carbons (Fsp3) is 0.435. The van der Waals surface area contributed by atoms with Crippen LogP contribution in [0.4, 0.5) is 29.1 Å². The van der Waals surface area contributed by atoms with Gasteiger partial charge in [-0.2, -0.15) is 13.2 Å². The topological polar surface area (TPSA) is 73.7 Å². The second-order valence-electron chi connectivity index (χ2n) is 8.12. The average molecular weight is 471 g/mol. The van der Waals surface area contributed by atoms with E-state index in [9.17, 15) is 22.4 Å². The van der Waals surface area contributed by atoms with Crippen molar-refractivity contribution in [2.75, 3.05) is 22.9 Å². The smallest absolute Gasteiger partial charge is 0.475 e. The summed E-state index contributed by atoms with van der Waals surface area (Å²) >= 11 is 0. The lowest BCUT2D eigenvalue weighted by Gasteiger charge is -2.30. The van der Waals surface area contributed by atoms with E-state index in [2.05, 4.69) is 23.7 Å². The second-order valence-corrected chi connectivity index (χ2v) is 8.12. The number of rotatable bonds is 6.